The number of carbonyl (C=O) groups excluding carboxylic acids is 1. The molecule has 0 aromatic rings. The summed E-state index contributed by atoms with van der Waals surface area (Å²) >= 11 is 0. The maximum atomic E-state index is 11.9. The predicted octanol–water partition coefficient (Wildman–Crippen LogP) is 1.23. The van der Waals surface area contributed by atoms with E-state index >= 15 is 0 Å². The number of hydrogen-bond donors (Lipinski definition) is 0. The third-order valence-corrected chi connectivity index (χ3v) is 3.25. The predicted molar refractivity (Wildman–Crippen MR) is 70.5 cm³/mol. The van der Waals surface area contributed by atoms with Crippen molar-refractivity contribution < 1.29 is 4.79 Å². The van der Waals surface area contributed by atoms with Crippen LogP contribution >= 0.6 is 0 Å². The molecular formula is C14H21N3O. The second-order valence-corrected chi connectivity index (χ2v) is 5.51. The Hall–Kier alpha value is -1.52. The van der Waals surface area contributed by atoms with Gasteiger partial charge in [0.05, 0.1) is 18.5 Å². The molecule has 1 amide bonds. The Morgan fingerprint density at radius 3 is 2.56 bits per heavy atom. The van der Waals surface area contributed by atoms with Crippen molar-refractivity contribution in [2.24, 2.45) is 0 Å². The molecule has 4 heteroatoms. The molecule has 1 rings (SSSR count). The number of amides is 1. The minimum absolute atomic E-state index is 0.0451. The van der Waals surface area contributed by atoms with Gasteiger partial charge in [0, 0.05) is 25.2 Å². The van der Waals surface area contributed by atoms with Crippen molar-refractivity contribution in [1.29, 1.82) is 5.26 Å². The van der Waals surface area contributed by atoms with E-state index in [0.29, 0.717) is 13.0 Å². The smallest absolute Gasteiger partial charge is 0.298 e. The Morgan fingerprint density at radius 2 is 2.06 bits per heavy atom. The first kappa shape index (κ1) is 14.5. The maximum absolute atomic E-state index is 11.9. The summed E-state index contributed by atoms with van der Waals surface area (Å²) in [6, 6.07) is 2.12. The molecule has 1 aliphatic heterocycles. The SMILES string of the molecule is CC#CC(=O)N1CCN(C(C)(C)C)CC1CC#N. The number of carbonyl (C=O) groups is 1. The lowest BCUT2D eigenvalue weighted by atomic mass is 10.0. The van der Waals surface area contributed by atoms with Gasteiger partial charge in [-0.2, -0.15) is 5.26 Å². The average Bonchev–Trinajstić information content (AvgIpc) is 2.28. The van der Waals surface area contributed by atoms with Crippen LogP contribution in [0, 0.1) is 23.2 Å². The summed E-state index contributed by atoms with van der Waals surface area (Å²) < 4.78 is 0. The van der Waals surface area contributed by atoms with Gasteiger partial charge in [0.15, 0.2) is 0 Å². The van der Waals surface area contributed by atoms with Gasteiger partial charge in [0.1, 0.15) is 0 Å². The van der Waals surface area contributed by atoms with Gasteiger partial charge >= 0.3 is 0 Å². The van der Waals surface area contributed by atoms with Crippen molar-refractivity contribution in [2.75, 3.05) is 19.6 Å². The van der Waals surface area contributed by atoms with E-state index in [9.17, 15) is 4.79 Å². The Labute approximate surface area is 110 Å². The molecule has 0 N–H and O–H groups in total. The molecule has 1 heterocycles. The van der Waals surface area contributed by atoms with E-state index in [0.717, 1.165) is 13.1 Å². The fourth-order valence-electron chi connectivity index (χ4n) is 2.19. The fraction of sp³-hybridized carbons (Fsp3) is 0.714. The number of rotatable bonds is 1. The quantitative estimate of drug-likeness (QED) is 0.655. The first-order valence-electron chi connectivity index (χ1n) is 6.25. The van der Waals surface area contributed by atoms with E-state index in [1.807, 2.05) is 0 Å². The van der Waals surface area contributed by atoms with Crippen LogP contribution in [0.1, 0.15) is 34.1 Å². The lowest BCUT2D eigenvalue weighted by Crippen LogP contribution is -2.59. The fourth-order valence-corrected chi connectivity index (χ4v) is 2.19. The highest BCUT2D eigenvalue weighted by Gasteiger charge is 2.33. The first-order chi connectivity index (χ1) is 8.40. The summed E-state index contributed by atoms with van der Waals surface area (Å²) in [4.78, 5) is 15.9. The second kappa shape index (κ2) is 5.89. The number of nitriles is 1. The molecule has 1 aliphatic rings. The summed E-state index contributed by atoms with van der Waals surface area (Å²) in [5.74, 6) is 5.04. The highest BCUT2D eigenvalue weighted by Crippen LogP contribution is 2.20. The van der Waals surface area contributed by atoms with Gasteiger partial charge in [-0.1, -0.05) is 5.92 Å². The monoisotopic (exact) mass is 247 g/mol. The molecule has 0 aromatic carbocycles. The summed E-state index contributed by atoms with van der Waals surface area (Å²) in [6.45, 7) is 10.3. The van der Waals surface area contributed by atoms with E-state index < -0.39 is 0 Å². The molecule has 0 saturated carbocycles. The van der Waals surface area contributed by atoms with Gasteiger partial charge in [-0.25, -0.2) is 0 Å². The topological polar surface area (TPSA) is 47.3 Å². The molecule has 1 saturated heterocycles. The van der Waals surface area contributed by atoms with E-state index in [1.54, 1.807) is 11.8 Å². The summed E-state index contributed by atoms with van der Waals surface area (Å²) in [6.07, 6.45) is 0.365. The van der Waals surface area contributed by atoms with Crippen LogP contribution in [0.15, 0.2) is 0 Å². The van der Waals surface area contributed by atoms with Crippen LogP contribution in [0.2, 0.25) is 0 Å². The summed E-state index contributed by atoms with van der Waals surface area (Å²) in [7, 11) is 0. The molecule has 0 aromatic heterocycles. The van der Waals surface area contributed by atoms with Gasteiger partial charge in [0.25, 0.3) is 5.91 Å². The first-order valence-corrected chi connectivity index (χ1v) is 6.25. The van der Waals surface area contributed by atoms with Crippen molar-refractivity contribution in [3.63, 3.8) is 0 Å². The Balaban J connectivity index is 2.81. The molecule has 0 aliphatic carbocycles. The number of piperazine rings is 1. The minimum atomic E-state index is -0.161. The highest BCUT2D eigenvalue weighted by molar-refractivity contribution is 5.93. The van der Waals surface area contributed by atoms with Crippen LogP contribution in [-0.4, -0.2) is 46.9 Å². The van der Waals surface area contributed by atoms with Gasteiger partial charge in [-0.3, -0.25) is 9.69 Å². The standard InChI is InChI=1S/C14H21N3O/c1-5-6-13(18)17-10-9-16(14(2,3)4)11-12(17)7-8-15/h12H,7,9-11H2,1-4H3. The Bertz CT molecular complexity index is 405. The lowest BCUT2D eigenvalue weighted by Gasteiger charge is -2.45. The minimum Gasteiger partial charge on any atom is -0.325 e. The van der Waals surface area contributed by atoms with Crippen molar-refractivity contribution in [2.45, 2.75) is 45.7 Å². The molecule has 1 atom stereocenters. The zero-order chi connectivity index (χ0) is 13.8. The van der Waals surface area contributed by atoms with Gasteiger partial charge in [-0.05, 0) is 33.6 Å². The van der Waals surface area contributed by atoms with E-state index in [2.05, 4.69) is 43.6 Å². The zero-order valence-corrected chi connectivity index (χ0v) is 11.7. The van der Waals surface area contributed by atoms with Crippen LogP contribution in [-0.2, 0) is 4.79 Å². The van der Waals surface area contributed by atoms with Crippen molar-refractivity contribution in [3.8, 4) is 17.9 Å². The molecule has 18 heavy (non-hydrogen) atoms. The Morgan fingerprint density at radius 1 is 1.39 bits per heavy atom. The molecule has 98 valence electrons. The van der Waals surface area contributed by atoms with E-state index in [4.69, 9.17) is 5.26 Å². The van der Waals surface area contributed by atoms with Crippen LogP contribution in [0.4, 0.5) is 0 Å². The Kier molecular flexibility index (Phi) is 4.76. The van der Waals surface area contributed by atoms with Crippen molar-refractivity contribution >= 4 is 5.91 Å². The van der Waals surface area contributed by atoms with Crippen LogP contribution in [0.3, 0.4) is 0 Å². The third-order valence-electron chi connectivity index (χ3n) is 3.25. The maximum Gasteiger partial charge on any atom is 0.298 e. The van der Waals surface area contributed by atoms with Crippen LogP contribution in [0.25, 0.3) is 0 Å². The summed E-state index contributed by atoms with van der Waals surface area (Å²) in [5, 5.41) is 8.89. The van der Waals surface area contributed by atoms with Crippen molar-refractivity contribution in [1.82, 2.24) is 9.80 Å². The zero-order valence-electron chi connectivity index (χ0n) is 11.7. The normalized spacial score (nSPS) is 20.8. The molecule has 0 radical (unpaired) electrons. The molecular weight excluding hydrogens is 226 g/mol. The van der Waals surface area contributed by atoms with E-state index in [-0.39, 0.29) is 17.5 Å². The molecule has 0 bridgehead atoms. The van der Waals surface area contributed by atoms with Gasteiger partial charge in [-0.15, -0.1) is 0 Å². The molecule has 4 nitrogen and oxygen atoms in total. The molecule has 1 fully saturated rings. The lowest BCUT2D eigenvalue weighted by molar-refractivity contribution is -0.130. The molecule has 1 unspecified atom stereocenters. The van der Waals surface area contributed by atoms with Crippen molar-refractivity contribution in [3.05, 3.63) is 0 Å². The van der Waals surface area contributed by atoms with Gasteiger partial charge in [0.2, 0.25) is 0 Å². The highest BCUT2D eigenvalue weighted by atomic mass is 16.2. The van der Waals surface area contributed by atoms with Gasteiger partial charge < -0.3 is 4.90 Å². The number of nitrogens with zero attached hydrogens (tertiary/aromatic N) is 3. The average molecular weight is 247 g/mol. The third kappa shape index (κ3) is 3.48. The largest absolute Gasteiger partial charge is 0.325 e. The van der Waals surface area contributed by atoms with Crippen LogP contribution in [0.5, 0.6) is 0 Å². The van der Waals surface area contributed by atoms with E-state index in [1.165, 1.54) is 0 Å². The van der Waals surface area contributed by atoms with Crippen LogP contribution < -0.4 is 0 Å². The molecule has 0 spiro atoms. The summed E-state index contributed by atoms with van der Waals surface area (Å²) in [5.41, 5.74) is 0.0687. The second-order valence-electron chi connectivity index (χ2n) is 5.51. The number of hydrogen-bond acceptors (Lipinski definition) is 3.